The summed E-state index contributed by atoms with van der Waals surface area (Å²) >= 11 is 0. The van der Waals surface area contributed by atoms with Crippen molar-refractivity contribution in [2.24, 2.45) is 0 Å². The molecule has 0 saturated carbocycles. The van der Waals surface area contributed by atoms with E-state index in [-0.39, 0.29) is 24.6 Å². The zero-order chi connectivity index (χ0) is 22.7. The highest BCUT2D eigenvalue weighted by Crippen LogP contribution is 2.32. The zero-order valence-electron chi connectivity index (χ0n) is 16.8. The molecule has 0 saturated heterocycles. The molecule has 1 amide bonds. The number of rotatable bonds is 7. The van der Waals surface area contributed by atoms with Crippen molar-refractivity contribution in [2.75, 3.05) is 19.0 Å². The first kappa shape index (κ1) is 21.3. The number of carbonyl (C=O) groups is 1. The van der Waals surface area contributed by atoms with Gasteiger partial charge in [-0.3, -0.25) is 10.1 Å². The molecule has 10 heteroatoms. The molecule has 166 valence electrons. The second kappa shape index (κ2) is 8.66. The van der Waals surface area contributed by atoms with Crippen LogP contribution in [0.3, 0.4) is 0 Å². The predicted molar refractivity (Wildman–Crippen MR) is 110 cm³/mol. The largest absolute Gasteiger partial charge is 0.493 e. The van der Waals surface area contributed by atoms with Gasteiger partial charge in [-0.05, 0) is 42.5 Å². The summed E-state index contributed by atoms with van der Waals surface area (Å²) in [4.78, 5) is 16.7. The molecule has 1 N–H and O–H groups in total. The van der Waals surface area contributed by atoms with Gasteiger partial charge >= 0.3 is 6.18 Å². The number of alkyl halides is 3. The van der Waals surface area contributed by atoms with Crippen molar-refractivity contribution in [2.45, 2.75) is 12.7 Å². The van der Waals surface area contributed by atoms with Gasteiger partial charge in [0, 0.05) is 0 Å². The Labute approximate surface area is 180 Å². The normalized spacial score (nSPS) is 11.5. The SMILES string of the molecule is COc1ccccc1OCC(=O)Nc1nc2cc(C(F)(F)F)ccc2n1Cc1ccco1. The fourth-order valence-electron chi connectivity index (χ4n) is 3.16. The van der Waals surface area contributed by atoms with Crippen molar-refractivity contribution in [3.05, 3.63) is 72.2 Å². The molecule has 0 aliphatic heterocycles. The van der Waals surface area contributed by atoms with Crippen LogP contribution in [-0.4, -0.2) is 29.2 Å². The molecule has 4 aromatic rings. The van der Waals surface area contributed by atoms with Crippen LogP contribution < -0.4 is 14.8 Å². The highest BCUT2D eigenvalue weighted by atomic mass is 19.4. The lowest BCUT2D eigenvalue weighted by molar-refractivity contribution is -0.137. The second-order valence-corrected chi connectivity index (χ2v) is 6.79. The number of methoxy groups -OCH3 is 1. The topological polar surface area (TPSA) is 78.5 Å². The van der Waals surface area contributed by atoms with E-state index in [2.05, 4.69) is 10.3 Å². The van der Waals surface area contributed by atoms with Crippen molar-refractivity contribution in [1.29, 1.82) is 0 Å². The third-order valence-electron chi connectivity index (χ3n) is 4.65. The smallest absolute Gasteiger partial charge is 0.416 e. The van der Waals surface area contributed by atoms with Crippen molar-refractivity contribution in [3.63, 3.8) is 0 Å². The standard InChI is InChI=1S/C22H18F3N3O4/c1-30-18-6-2-3-7-19(18)32-13-20(29)27-21-26-16-11-14(22(23,24)25)8-9-17(16)28(21)12-15-5-4-10-31-15/h2-11H,12-13H2,1H3,(H,26,27,29). The second-order valence-electron chi connectivity index (χ2n) is 6.79. The fraction of sp³-hybridized carbons (Fsp3) is 0.182. The Balaban J connectivity index is 1.60. The number of para-hydroxylation sites is 2. The van der Waals surface area contributed by atoms with Crippen molar-refractivity contribution in [3.8, 4) is 11.5 Å². The molecule has 0 bridgehead atoms. The number of benzene rings is 2. The van der Waals surface area contributed by atoms with Gasteiger partial charge in [0.15, 0.2) is 18.1 Å². The summed E-state index contributed by atoms with van der Waals surface area (Å²) in [5.41, 5.74) is -0.326. The third-order valence-corrected chi connectivity index (χ3v) is 4.65. The quantitative estimate of drug-likeness (QED) is 0.445. The first-order valence-electron chi connectivity index (χ1n) is 9.50. The zero-order valence-corrected chi connectivity index (χ0v) is 16.8. The number of nitrogens with zero attached hydrogens (tertiary/aromatic N) is 2. The number of ether oxygens (including phenoxy) is 2. The minimum atomic E-state index is -4.51. The number of carbonyl (C=O) groups excluding carboxylic acids is 1. The van der Waals surface area contributed by atoms with Crippen LogP contribution in [0.4, 0.5) is 19.1 Å². The highest BCUT2D eigenvalue weighted by Gasteiger charge is 2.31. The van der Waals surface area contributed by atoms with Crippen molar-refractivity contribution < 1.29 is 31.9 Å². The summed E-state index contributed by atoms with van der Waals surface area (Å²) in [6, 6.07) is 13.5. The number of amides is 1. The lowest BCUT2D eigenvalue weighted by Gasteiger charge is -2.11. The Morgan fingerprint density at radius 1 is 1.12 bits per heavy atom. The van der Waals surface area contributed by atoms with Crippen LogP contribution >= 0.6 is 0 Å². The molecule has 0 radical (unpaired) electrons. The van der Waals surface area contributed by atoms with Gasteiger partial charge in [0.1, 0.15) is 5.76 Å². The molecule has 7 nitrogen and oxygen atoms in total. The summed E-state index contributed by atoms with van der Waals surface area (Å²) < 4.78 is 56.9. The number of hydrogen-bond acceptors (Lipinski definition) is 5. The minimum Gasteiger partial charge on any atom is -0.493 e. The van der Waals surface area contributed by atoms with Crippen LogP contribution in [-0.2, 0) is 17.5 Å². The van der Waals surface area contributed by atoms with Crippen LogP contribution in [0.2, 0.25) is 0 Å². The number of nitrogens with one attached hydrogen (secondary N) is 1. The molecule has 0 aliphatic rings. The molecule has 2 aromatic carbocycles. The monoisotopic (exact) mass is 445 g/mol. The van der Waals surface area contributed by atoms with E-state index in [1.807, 2.05) is 0 Å². The molecule has 0 unspecified atom stereocenters. The van der Waals surface area contributed by atoms with Gasteiger partial charge in [0.05, 0.1) is 36.5 Å². The molecular formula is C22H18F3N3O4. The number of furan rings is 1. The first-order chi connectivity index (χ1) is 15.3. The van der Waals surface area contributed by atoms with Crippen molar-refractivity contribution in [1.82, 2.24) is 9.55 Å². The maximum Gasteiger partial charge on any atom is 0.416 e. The van der Waals surface area contributed by atoms with Crippen LogP contribution in [0.1, 0.15) is 11.3 Å². The van der Waals surface area contributed by atoms with Crippen LogP contribution in [0.25, 0.3) is 11.0 Å². The van der Waals surface area contributed by atoms with Gasteiger partial charge in [-0.25, -0.2) is 4.98 Å². The first-order valence-corrected chi connectivity index (χ1v) is 9.50. The van der Waals surface area contributed by atoms with Gasteiger partial charge in [-0.2, -0.15) is 13.2 Å². The molecule has 2 heterocycles. The van der Waals surface area contributed by atoms with E-state index < -0.39 is 17.6 Å². The maximum atomic E-state index is 13.1. The number of hydrogen-bond donors (Lipinski definition) is 1. The molecule has 32 heavy (non-hydrogen) atoms. The Morgan fingerprint density at radius 3 is 2.59 bits per heavy atom. The lowest BCUT2D eigenvalue weighted by Crippen LogP contribution is -2.22. The predicted octanol–water partition coefficient (Wildman–Crippen LogP) is 4.72. The van der Waals surface area contributed by atoms with E-state index in [1.165, 1.54) is 19.4 Å². The highest BCUT2D eigenvalue weighted by molar-refractivity contribution is 5.92. The van der Waals surface area contributed by atoms with Gasteiger partial charge in [0.25, 0.3) is 5.91 Å². The average molecular weight is 445 g/mol. The minimum absolute atomic E-state index is 0.0735. The Hall–Kier alpha value is -3.95. The van der Waals surface area contributed by atoms with E-state index in [4.69, 9.17) is 13.9 Å². The summed E-state index contributed by atoms with van der Waals surface area (Å²) in [5, 5.41) is 2.60. The van der Waals surface area contributed by atoms with Crippen LogP contribution in [0, 0.1) is 0 Å². The molecule has 0 fully saturated rings. The van der Waals surface area contributed by atoms with E-state index in [9.17, 15) is 18.0 Å². The fourth-order valence-corrected chi connectivity index (χ4v) is 3.16. The molecular weight excluding hydrogens is 427 g/mol. The third kappa shape index (κ3) is 4.53. The number of fused-ring (bicyclic) bond motifs is 1. The number of imidazole rings is 1. The summed E-state index contributed by atoms with van der Waals surface area (Å²) in [6.07, 6.45) is -3.03. The summed E-state index contributed by atoms with van der Waals surface area (Å²) in [7, 11) is 1.48. The van der Waals surface area contributed by atoms with E-state index in [0.29, 0.717) is 22.8 Å². The molecule has 0 aliphatic carbocycles. The summed E-state index contributed by atoms with van der Waals surface area (Å²) in [6.45, 7) is -0.185. The van der Waals surface area contributed by atoms with Gasteiger partial charge < -0.3 is 18.5 Å². The lowest BCUT2D eigenvalue weighted by atomic mass is 10.2. The Bertz CT molecular complexity index is 1230. The Morgan fingerprint density at radius 2 is 1.91 bits per heavy atom. The van der Waals surface area contributed by atoms with Crippen LogP contribution in [0.5, 0.6) is 11.5 Å². The summed E-state index contributed by atoms with van der Waals surface area (Å²) in [5.74, 6) is 0.923. The van der Waals surface area contributed by atoms with Crippen molar-refractivity contribution >= 4 is 22.9 Å². The molecule has 2 aromatic heterocycles. The number of anilines is 1. The van der Waals surface area contributed by atoms with Gasteiger partial charge in [0.2, 0.25) is 5.95 Å². The average Bonchev–Trinajstić information content (AvgIpc) is 3.40. The molecule has 0 atom stereocenters. The molecule has 0 spiro atoms. The number of aromatic nitrogens is 2. The van der Waals surface area contributed by atoms with E-state index in [1.54, 1.807) is 41.0 Å². The van der Waals surface area contributed by atoms with E-state index in [0.717, 1.165) is 12.1 Å². The Kier molecular flexibility index (Phi) is 5.76. The number of halogens is 3. The van der Waals surface area contributed by atoms with Gasteiger partial charge in [-0.1, -0.05) is 12.1 Å². The maximum absolute atomic E-state index is 13.1. The van der Waals surface area contributed by atoms with Crippen LogP contribution in [0.15, 0.2) is 65.3 Å². The van der Waals surface area contributed by atoms with Gasteiger partial charge in [-0.15, -0.1) is 0 Å². The molecule has 4 rings (SSSR count). The van der Waals surface area contributed by atoms with E-state index >= 15 is 0 Å².